The van der Waals surface area contributed by atoms with Crippen molar-refractivity contribution in [2.24, 2.45) is 0 Å². The second-order valence-electron chi connectivity index (χ2n) is 6.55. The highest BCUT2D eigenvalue weighted by Crippen LogP contribution is 2.47. The summed E-state index contributed by atoms with van der Waals surface area (Å²) < 4.78 is 26.3. The fourth-order valence-electron chi connectivity index (χ4n) is 3.07. The Labute approximate surface area is 186 Å². The summed E-state index contributed by atoms with van der Waals surface area (Å²) in [5.74, 6) is -3.50. The smallest absolute Gasteiger partial charge is 0.353 e. The first-order valence-corrected chi connectivity index (χ1v) is 10.00. The van der Waals surface area contributed by atoms with Crippen LogP contribution in [0.1, 0.15) is 20.8 Å². The van der Waals surface area contributed by atoms with E-state index in [-0.39, 0.29) is 10.6 Å². The van der Waals surface area contributed by atoms with E-state index in [1.807, 2.05) is 0 Å². The van der Waals surface area contributed by atoms with Crippen LogP contribution in [0, 0.1) is 10.1 Å². The molecule has 0 aromatic heterocycles. The largest absolute Gasteiger partial charge is 0.466 e. The van der Waals surface area contributed by atoms with Crippen molar-refractivity contribution >= 4 is 41.3 Å². The van der Waals surface area contributed by atoms with Gasteiger partial charge in [-0.15, -0.1) is 0 Å². The molecule has 1 aliphatic rings. The Kier molecular flexibility index (Phi) is 8.16. The molecule has 0 amide bonds. The molecule has 1 aromatic rings. The van der Waals surface area contributed by atoms with E-state index in [0.717, 1.165) is 27.9 Å². The number of rotatable bonds is 7. The minimum absolute atomic E-state index is 0.00689. The van der Waals surface area contributed by atoms with Gasteiger partial charge in [-0.1, -0.05) is 23.9 Å². The maximum absolute atomic E-state index is 12.9. The number of benzene rings is 1. The second-order valence-corrected chi connectivity index (χ2v) is 7.80. The quantitative estimate of drug-likeness (QED) is 0.244. The van der Waals surface area contributed by atoms with Gasteiger partial charge >= 0.3 is 23.9 Å². The highest BCUT2D eigenvalue weighted by Gasteiger charge is 2.62. The summed E-state index contributed by atoms with van der Waals surface area (Å²) in [4.78, 5) is 56.7. The van der Waals surface area contributed by atoms with Crippen LogP contribution in [0.4, 0.5) is 5.69 Å². The van der Waals surface area contributed by atoms with Gasteiger partial charge in [0.25, 0.3) is 10.6 Å². The van der Waals surface area contributed by atoms with Crippen molar-refractivity contribution in [1.29, 1.82) is 0 Å². The van der Waals surface area contributed by atoms with Gasteiger partial charge in [0.05, 0.1) is 23.5 Å². The molecule has 1 fully saturated rings. The minimum atomic E-state index is -2.22. The average molecular weight is 471 g/mol. The fourth-order valence-corrected chi connectivity index (χ4v) is 4.38. The molecule has 0 spiro atoms. The van der Waals surface area contributed by atoms with E-state index in [0.29, 0.717) is 11.8 Å². The first-order chi connectivity index (χ1) is 15.0. The third-order valence-electron chi connectivity index (χ3n) is 4.21. The van der Waals surface area contributed by atoms with Crippen LogP contribution < -0.4 is 0 Å². The molecule has 4 atom stereocenters. The molecule has 0 N–H and O–H groups in total. The summed E-state index contributed by atoms with van der Waals surface area (Å²) in [6.07, 6.45) is -4.38. The number of thioether (sulfide) groups is 1. The summed E-state index contributed by atoms with van der Waals surface area (Å²) in [7, 11) is 1.04. The monoisotopic (exact) mass is 471 g/mol. The lowest BCUT2D eigenvalue weighted by Crippen LogP contribution is -2.65. The Morgan fingerprint density at radius 3 is 2.19 bits per heavy atom. The highest BCUT2D eigenvalue weighted by atomic mass is 32.2. The highest BCUT2D eigenvalue weighted by molar-refractivity contribution is 8.01. The zero-order chi connectivity index (χ0) is 24.1. The zero-order valence-corrected chi connectivity index (χ0v) is 18.4. The number of carbonyl (C=O) groups is 4. The first kappa shape index (κ1) is 25.1. The van der Waals surface area contributed by atoms with Crippen LogP contribution in [0.5, 0.6) is 0 Å². The van der Waals surface area contributed by atoms with E-state index in [9.17, 15) is 29.3 Å². The normalized spacial score (nSPS) is 24.7. The van der Waals surface area contributed by atoms with Crippen molar-refractivity contribution in [3.8, 4) is 0 Å². The Morgan fingerprint density at radius 2 is 1.66 bits per heavy atom. The Bertz CT molecular complexity index is 920. The lowest BCUT2D eigenvalue weighted by Gasteiger charge is -2.45. The van der Waals surface area contributed by atoms with E-state index < -0.39 is 58.7 Å². The van der Waals surface area contributed by atoms with Crippen molar-refractivity contribution in [3.63, 3.8) is 0 Å². The minimum Gasteiger partial charge on any atom is -0.466 e. The number of hydrogen-bond donors (Lipinski definition) is 0. The molecule has 0 aliphatic carbocycles. The number of nitro benzene ring substituents is 1. The number of nitrogens with zero attached hydrogens (tertiary/aromatic N) is 1. The molecular formula is C19H21NO11S. The van der Waals surface area contributed by atoms with E-state index in [2.05, 4.69) is 0 Å². The second kappa shape index (κ2) is 10.4. The number of para-hydroxylation sites is 1. The van der Waals surface area contributed by atoms with Gasteiger partial charge in [0.2, 0.25) is 0 Å². The van der Waals surface area contributed by atoms with Gasteiger partial charge in [0.15, 0.2) is 18.3 Å². The van der Waals surface area contributed by atoms with Gasteiger partial charge in [-0.05, 0) is 6.07 Å². The van der Waals surface area contributed by atoms with Gasteiger partial charge < -0.3 is 23.7 Å². The molecule has 1 saturated heterocycles. The number of esters is 4. The summed E-state index contributed by atoms with van der Waals surface area (Å²) in [6, 6.07) is 5.49. The Hall–Kier alpha value is -3.19. The molecule has 32 heavy (non-hydrogen) atoms. The molecule has 0 bridgehead atoms. The van der Waals surface area contributed by atoms with Crippen LogP contribution in [0.2, 0.25) is 0 Å². The number of ether oxygens (including phenoxy) is 5. The van der Waals surface area contributed by atoms with Gasteiger partial charge in [0, 0.05) is 26.8 Å². The Balaban J connectivity index is 2.66. The predicted octanol–water partition coefficient (Wildman–Crippen LogP) is 1.38. The SMILES string of the molecule is COC(=O)C1(Sc2ccccc2[N+](=O)[O-])OCC(OC(C)=O)C(OC(C)=O)C1OC(C)=O. The zero-order valence-electron chi connectivity index (χ0n) is 17.6. The fraction of sp³-hybridized carbons (Fsp3) is 0.474. The van der Waals surface area contributed by atoms with Crippen LogP contribution in [0.3, 0.4) is 0 Å². The summed E-state index contributed by atoms with van der Waals surface area (Å²) in [5.41, 5.74) is -0.350. The van der Waals surface area contributed by atoms with Crippen molar-refractivity contribution in [2.75, 3.05) is 13.7 Å². The third-order valence-corrected chi connectivity index (χ3v) is 5.59. The van der Waals surface area contributed by atoms with Crippen LogP contribution in [0.25, 0.3) is 0 Å². The van der Waals surface area contributed by atoms with Gasteiger partial charge in [-0.25, -0.2) is 4.79 Å². The predicted molar refractivity (Wildman–Crippen MR) is 106 cm³/mol. The molecule has 0 saturated carbocycles. The molecule has 174 valence electrons. The van der Waals surface area contributed by atoms with Crippen LogP contribution in [-0.4, -0.2) is 65.8 Å². The van der Waals surface area contributed by atoms with Crippen LogP contribution >= 0.6 is 11.8 Å². The van der Waals surface area contributed by atoms with Gasteiger partial charge in [0.1, 0.15) is 0 Å². The van der Waals surface area contributed by atoms with E-state index in [1.54, 1.807) is 0 Å². The van der Waals surface area contributed by atoms with Crippen molar-refractivity contribution in [2.45, 2.75) is 48.9 Å². The standard InChI is InChI=1S/C19H21NO11S/c1-10(21)29-14-9-28-19(18(24)27-4,17(31-12(3)23)16(14)30-11(2)22)32-15-8-6-5-7-13(15)20(25)26/h5-8,14,16-17H,9H2,1-4H3. The van der Waals surface area contributed by atoms with Crippen molar-refractivity contribution < 1.29 is 47.8 Å². The third kappa shape index (κ3) is 5.53. The number of methoxy groups -OCH3 is 1. The topological polar surface area (TPSA) is 158 Å². The van der Waals surface area contributed by atoms with Crippen molar-refractivity contribution in [3.05, 3.63) is 34.4 Å². The number of carbonyl (C=O) groups excluding carboxylic acids is 4. The molecule has 1 heterocycles. The van der Waals surface area contributed by atoms with Gasteiger partial charge in [-0.2, -0.15) is 0 Å². The number of hydrogen-bond acceptors (Lipinski definition) is 12. The maximum atomic E-state index is 12.9. The molecule has 0 radical (unpaired) electrons. The molecular weight excluding hydrogens is 450 g/mol. The number of nitro groups is 1. The van der Waals surface area contributed by atoms with E-state index in [1.165, 1.54) is 24.3 Å². The molecule has 1 aliphatic heterocycles. The molecule has 4 unspecified atom stereocenters. The molecule has 12 nitrogen and oxygen atoms in total. The van der Waals surface area contributed by atoms with E-state index in [4.69, 9.17) is 23.7 Å². The summed E-state index contributed by atoms with van der Waals surface area (Å²) >= 11 is 0.554. The van der Waals surface area contributed by atoms with Crippen molar-refractivity contribution in [1.82, 2.24) is 0 Å². The summed E-state index contributed by atoms with van der Waals surface area (Å²) in [5, 5.41) is 11.5. The average Bonchev–Trinajstić information content (AvgIpc) is 2.70. The van der Waals surface area contributed by atoms with Crippen LogP contribution in [-0.2, 0) is 42.9 Å². The maximum Gasteiger partial charge on any atom is 0.353 e. The first-order valence-electron chi connectivity index (χ1n) is 9.18. The molecule has 1 aromatic carbocycles. The van der Waals surface area contributed by atoms with Crippen LogP contribution in [0.15, 0.2) is 29.2 Å². The Morgan fingerprint density at radius 1 is 1.06 bits per heavy atom. The summed E-state index contributed by atoms with van der Waals surface area (Å²) in [6.45, 7) is 2.76. The van der Waals surface area contributed by atoms with E-state index >= 15 is 0 Å². The molecule has 13 heteroatoms. The lowest BCUT2D eigenvalue weighted by atomic mass is 9.98. The van der Waals surface area contributed by atoms with Gasteiger partial charge in [-0.3, -0.25) is 24.5 Å². The lowest BCUT2D eigenvalue weighted by molar-refractivity contribution is -0.387. The molecule has 2 rings (SSSR count).